The Morgan fingerprint density at radius 1 is 1.10 bits per heavy atom. The van der Waals surface area contributed by atoms with Crippen molar-refractivity contribution in [2.24, 2.45) is 0 Å². The quantitative estimate of drug-likeness (QED) is 0.459. The molecule has 2 fully saturated rings. The highest BCUT2D eigenvalue weighted by molar-refractivity contribution is 5.74. The summed E-state index contributed by atoms with van der Waals surface area (Å²) in [5.74, 6) is 0.112. The van der Waals surface area contributed by atoms with Crippen LogP contribution < -0.4 is 15.0 Å². The number of aliphatic hydroxyl groups excluding tert-OH is 3. The van der Waals surface area contributed by atoms with E-state index in [1.807, 2.05) is 17.0 Å². The zero-order chi connectivity index (χ0) is 21.8. The van der Waals surface area contributed by atoms with Crippen molar-refractivity contribution >= 4 is 17.5 Å². The maximum absolute atomic E-state index is 11.5. The Kier molecular flexibility index (Phi) is 7.14. The van der Waals surface area contributed by atoms with E-state index in [-0.39, 0.29) is 5.91 Å². The molecule has 0 radical (unpaired) electrons. The number of carbonyl (C=O) groups excluding carboxylic acids is 2. The maximum Gasteiger partial charge on any atom is 0.223 e. The van der Waals surface area contributed by atoms with E-state index in [2.05, 4.69) is 10.2 Å². The average Bonchev–Trinajstić information content (AvgIpc) is 2.73. The van der Waals surface area contributed by atoms with Gasteiger partial charge in [0.1, 0.15) is 30.1 Å². The van der Waals surface area contributed by atoms with Crippen LogP contribution in [-0.2, 0) is 14.3 Å². The van der Waals surface area contributed by atoms with Crippen LogP contribution in [-0.4, -0.2) is 95.5 Å². The van der Waals surface area contributed by atoms with Gasteiger partial charge in [-0.1, -0.05) is 0 Å². The van der Waals surface area contributed by atoms with Crippen LogP contribution in [0, 0.1) is 0 Å². The van der Waals surface area contributed by atoms with Gasteiger partial charge in [-0.05, 0) is 24.3 Å². The Balaban J connectivity index is 1.67. The minimum atomic E-state index is -1.36. The molecule has 2 aliphatic rings. The molecule has 2 saturated heterocycles. The first kappa shape index (κ1) is 22.3. The fourth-order valence-corrected chi connectivity index (χ4v) is 3.72. The van der Waals surface area contributed by atoms with Gasteiger partial charge >= 0.3 is 0 Å². The molecule has 0 aromatic heterocycles. The van der Waals surface area contributed by atoms with Crippen LogP contribution in [0.25, 0.3) is 0 Å². The number of carbonyl (C=O) groups is 2. The van der Waals surface area contributed by atoms with Gasteiger partial charge in [-0.3, -0.25) is 9.59 Å². The average molecular weight is 423 g/mol. The van der Waals surface area contributed by atoms with Crippen molar-refractivity contribution in [2.75, 3.05) is 37.7 Å². The van der Waals surface area contributed by atoms with Gasteiger partial charge < -0.3 is 39.9 Å². The summed E-state index contributed by atoms with van der Waals surface area (Å²) in [7, 11) is 0. The summed E-state index contributed by atoms with van der Waals surface area (Å²) in [4.78, 5) is 26.9. The molecular formula is C20H29N3O7. The predicted octanol–water partition coefficient (Wildman–Crippen LogP) is -1.32. The topological polar surface area (TPSA) is 132 Å². The van der Waals surface area contributed by atoms with E-state index in [0.717, 1.165) is 18.8 Å². The molecule has 166 valence electrons. The Bertz CT molecular complexity index is 736. The largest absolute Gasteiger partial charge is 0.463 e. The summed E-state index contributed by atoms with van der Waals surface area (Å²) in [6, 6.07) is 6.24. The molecule has 4 N–H and O–H groups in total. The van der Waals surface area contributed by atoms with Crippen molar-refractivity contribution in [1.29, 1.82) is 0 Å². The zero-order valence-electron chi connectivity index (χ0n) is 17.1. The standard InChI is InChI=1S/C20H29N3O7/c1-12(25)21-17-19(28)18(27)16(11-24)30-20(17)29-15-5-3-14(4-6-15)23-9-7-22(8-10-23)13(2)26/h3-6,16-20,24,27-28H,7-11H2,1-2H3,(H,21,25)/t16-,17+,18+,19-,20-/m0/s1. The van der Waals surface area contributed by atoms with E-state index in [0.29, 0.717) is 18.8 Å². The minimum absolute atomic E-state index is 0.0769. The van der Waals surface area contributed by atoms with Crippen molar-refractivity contribution in [2.45, 2.75) is 44.5 Å². The summed E-state index contributed by atoms with van der Waals surface area (Å²) in [5, 5.41) is 32.3. The molecule has 5 atom stereocenters. The first-order valence-corrected chi connectivity index (χ1v) is 9.97. The number of amides is 2. The number of nitrogens with zero attached hydrogens (tertiary/aromatic N) is 2. The second-order valence-electron chi connectivity index (χ2n) is 7.54. The molecule has 3 rings (SSSR count). The normalized spacial score (nSPS) is 29.4. The zero-order valence-corrected chi connectivity index (χ0v) is 17.1. The molecule has 0 saturated carbocycles. The lowest BCUT2D eigenvalue weighted by molar-refractivity contribution is -0.244. The van der Waals surface area contributed by atoms with Gasteiger partial charge in [0.05, 0.1) is 6.61 Å². The minimum Gasteiger partial charge on any atom is -0.463 e. The van der Waals surface area contributed by atoms with Gasteiger partial charge in [0.2, 0.25) is 18.1 Å². The summed E-state index contributed by atoms with van der Waals surface area (Å²) in [5.41, 5.74) is 0.984. The highest BCUT2D eigenvalue weighted by Gasteiger charge is 2.46. The third kappa shape index (κ3) is 5.01. The highest BCUT2D eigenvalue weighted by atomic mass is 16.7. The molecule has 2 amide bonds. The lowest BCUT2D eigenvalue weighted by atomic mass is 9.97. The third-order valence-corrected chi connectivity index (χ3v) is 5.43. The van der Waals surface area contributed by atoms with Gasteiger partial charge in [-0.25, -0.2) is 0 Å². The monoisotopic (exact) mass is 423 g/mol. The first-order chi connectivity index (χ1) is 14.3. The van der Waals surface area contributed by atoms with Gasteiger partial charge in [0.25, 0.3) is 0 Å². The van der Waals surface area contributed by atoms with Crippen molar-refractivity contribution in [3.8, 4) is 5.75 Å². The van der Waals surface area contributed by atoms with Crippen LogP contribution in [0.4, 0.5) is 5.69 Å². The molecule has 0 spiro atoms. The molecule has 10 heteroatoms. The molecule has 10 nitrogen and oxygen atoms in total. The number of ether oxygens (including phenoxy) is 2. The lowest BCUT2D eigenvalue weighted by Gasteiger charge is -2.42. The molecule has 1 aromatic rings. The van der Waals surface area contributed by atoms with Gasteiger partial charge in [-0.2, -0.15) is 0 Å². The summed E-state index contributed by atoms with van der Waals surface area (Å²) >= 11 is 0. The molecule has 0 bridgehead atoms. The Labute approximate surface area is 175 Å². The van der Waals surface area contributed by atoms with Crippen molar-refractivity contribution in [3.63, 3.8) is 0 Å². The van der Waals surface area contributed by atoms with Gasteiger partial charge in [0, 0.05) is 45.7 Å². The number of hydrogen-bond donors (Lipinski definition) is 4. The molecule has 0 aliphatic carbocycles. The number of hydrogen-bond acceptors (Lipinski definition) is 8. The van der Waals surface area contributed by atoms with Crippen LogP contribution in [0.1, 0.15) is 13.8 Å². The van der Waals surface area contributed by atoms with E-state index in [4.69, 9.17) is 9.47 Å². The van der Waals surface area contributed by atoms with Gasteiger partial charge in [0.15, 0.2) is 0 Å². The number of nitrogens with one attached hydrogen (secondary N) is 1. The Morgan fingerprint density at radius 3 is 2.27 bits per heavy atom. The summed E-state index contributed by atoms with van der Waals surface area (Å²) in [6.07, 6.45) is -4.84. The lowest BCUT2D eigenvalue weighted by Crippen LogP contribution is -2.65. The van der Waals surface area contributed by atoms with Crippen LogP contribution >= 0.6 is 0 Å². The van der Waals surface area contributed by atoms with Crippen molar-refractivity contribution < 1.29 is 34.4 Å². The molecule has 2 aliphatic heterocycles. The number of aliphatic hydroxyl groups is 3. The van der Waals surface area contributed by atoms with E-state index >= 15 is 0 Å². The molecular weight excluding hydrogens is 394 g/mol. The second-order valence-corrected chi connectivity index (χ2v) is 7.54. The Morgan fingerprint density at radius 2 is 1.73 bits per heavy atom. The van der Waals surface area contributed by atoms with E-state index < -0.39 is 43.2 Å². The van der Waals surface area contributed by atoms with Gasteiger partial charge in [-0.15, -0.1) is 0 Å². The van der Waals surface area contributed by atoms with E-state index in [9.17, 15) is 24.9 Å². The highest BCUT2D eigenvalue weighted by Crippen LogP contribution is 2.26. The predicted molar refractivity (Wildman–Crippen MR) is 107 cm³/mol. The number of benzene rings is 1. The fraction of sp³-hybridized carbons (Fsp3) is 0.600. The Hall–Kier alpha value is -2.40. The van der Waals surface area contributed by atoms with Crippen molar-refractivity contribution in [1.82, 2.24) is 10.2 Å². The van der Waals surface area contributed by atoms with E-state index in [1.165, 1.54) is 6.92 Å². The smallest absolute Gasteiger partial charge is 0.223 e. The first-order valence-electron chi connectivity index (χ1n) is 9.97. The molecule has 2 heterocycles. The summed E-state index contributed by atoms with van der Waals surface area (Å²) in [6.45, 7) is 5.16. The maximum atomic E-state index is 11.5. The van der Waals surface area contributed by atoms with Crippen LogP contribution in [0.2, 0.25) is 0 Å². The van der Waals surface area contributed by atoms with Crippen LogP contribution in [0.3, 0.4) is 0 Å². The van der Waals surface area contributed by atoms with E-state index in [1.54, 1.807) is 19.1 Å². The number of rotatable bonds is 5. The molecule has 30 heavy (non-hydrogen) atoms. The fourth-order valence-electron chi connectivity index (χ4n) is 3.72. The molecule has 1 aromatic carbocycles. The van der Waals surface area contributed by atoms with Crippen LogP contribution in [0.15, 0.2) is 24.3 Å². The molecule has 0 unspecified atom stereocenters. The van der Waals surface area contributed by atoms with Crippen LogP contribution in [0.5, 0.6) is 5.75 Å². The summed E-state index contributed by atoms with van der Waals surface area (Å²) < 4.78 is 11.4. The third-order valence-electron chi connectivity index (χ3n) is 5.43. The SMILES string of the molecule is CC(=O)N[C@H]1[C@@H](Oc2ccc(N3CCN(C(C)=O)CC3)cc2)O[C@@H](CO)[C@@H](O)[C@H]1O. The number of anilines is 1. The number of piperazine rings is 1. The van der Waals surface area contributed by atoms with Crippen molar-refractivity contribution in [3.05, 3.63) is 24.3 Å². The second kappa shape index (κ2) is 9.61.